The van der Waals surface area contributed by atoms with Gasteiger partial charge in [0.05, 0.1) is 0 Å². The van der Waals surface area contributed by atoms with Gasteiger partial charge in [-0.25, -0.2) is 4.39 Å². The van der Waals surface area contributed by atoms with Gasteiger partial charge in [0.2, 0.25) is 5.91 Å². The molecule has 0 aliphatic rings. The monoisotopic (exact) mass is 404 g/mol. The van der Waals surface area contributed by atoms with E-state index in [2.05, 4.69) is 27.8 Å². The highest BCUT2D eigenvalue weighted by Gasteiger charge is 2.44. The van der Waals surface area contributed by atoms with Gasteiger partial charge in [-0.2, -0.15) is 0 Å². The third kappa shape index (κ3) is 4.55. The molecule has 0 aromatic heterocycles. The Morgan fingerprint density at radius 1 is 1.28 bits per heavy atom. The molecule has 132 valence electrons. The molecule has 0 aliphatic carbocycles. The van der Waals surface area contributed by atoms with Gasteiger partial charge in [0.1, 0.15) is 6.04 Å². The van der Waals surface area contributed by atoms with E-state index in [1.807, 2.05) is 36.4 Å². The van der Waals surface area contributed by atoms with Gasteiger partial charge < -0.3 is 5.32 Å². The molecule has 25 heavy (non-hydrogen) atoms. The van der Waals surface area contributed by atoms with Crippen molar-refractivity contribution in [1.29, 1.82) is 0 Å². The highest BCUT2D eigenvalue weighted by atomic mass is 79.9. The average molecular weight is 405 g/mol. The van der Waals surface area contributed by atoms with Gasteiger partial charge >= 0.3 is 0 Å². The Hall–Kier alpha value is -1.98. The zero-order valence-electron chi connectivity index (χ0n) is 14.4. The molecule has 3 nitrogen and oxygen atoms in total. The Bertz CT molecular complexity index is 735. The summed E-state index contributed by atoms with van der Waals surface area (Å²) in [6.45, 7) is 3.99. The molecular formula is C20H22BrFN2O. The third-order valence-electron chi connectivity index (χ3n) is 4.04. The van der Waals surface area contributed by atoms with Crippen molar-refractivity contribution in [2.24, 2.45) is 0 Å². The van der Waals surface area contributed by atoms with E-state index in [9.17, 15) is 4.79 Å². The summed E-state index contributed by atoms with van der Waals surface area (Å²) in [6, 6.07) is 15.4. The number of alkyl halides is 1. The third-order valence-corrected chi connectivity index (χ3v) is 4.53. The SMILES string of the molecule is C=C[C@@](F)(c1cccc(Br)c1)[C@H](C(=O)NCc1ccccc1)N(C)C. The zero-order valence-corrected chi connectivity index (χ0v) is 16.0. The summed E-state index contributed by atoms with van der Waals surface area (Å²) < 4.78 is 16.6. The van der Waals surface area contributed by atoms with Crippen LogP contribution in [0.3, 0.4) is 0 Å². The van der Waals surface area contributed by atoms with Crippen molar-refractivity contribution in [2.45, 2.75) is 18.3 Å². The highest BCUT2D eigenvalue weighted by molar-refractivity contribution is 9.10. The van der Waals surface area contributed by atoms with Gasteiger partial charge in [-0.1, -0.05) is 65.0 Å². The number of benzene rings is 2. The van der Waals surface area contributed by atoms with E-state index in [0.29, 0.717) is 12.1 Å². The van der Waals surface area contributed by atoms with Crippen molar-refractivity contribution in [3.63, 3.8) is 0 Å². The number of halogens is 2. The van der Waals surface area contributed by atoms with Gasteiger partial charge in [0.15, 0.2) is 5.67 Å². The molecule has 5 heteroatoms. The summed E-state index contributed by atoms with van der Waals surface area (Å²) in [6.07, 6.45) is 1.20. The van der Waals surface area contributed by atoms with Crippen LogP contribution in [-0.2, 0) is 17.0 Å². The Morgan fingerprint density at radius 3 is 2.52 bits per heavy atom. The van der Waals surface area contributed by atoms with Crippen molar-refractivity contribution in [2.75, 3.05) is 14.1 Å². The fraction of sp³-hybridized carbons (Fsp3) is 0.250. The van der Waals surface area contributed by atoms with Crippen LogP contribution in [0.15, 0.2) is 71.7 Å². The van der Waals surface area contributed by atoms with Crippen molar-refractivity contribution in [1.82, 2.24) is 10.2 Å². The van der Waals surface area contributed by atoms with E-state index in [1.54, 1.807) is 37.2 Å². The number of likely N-dealkylation sites (N-methyl/N-ethyl adjacent to an activating group) is 1. The van der Waals surface area contributed by atoms with Crippen molar-refractivity contribution in [3.05, 3.63) is 82.9 Å². The lowest BCUT2D eigenvalue weighted by Crippen LogP contribution is -2.53. The molecule has 0 heterocycles. The normalized spacial score (nSPS) is 14.6. The van der Waals surface area contributed by atoms with Crippen LogP contribution in [0.2, 0.25) is 0 Å². The maximum Gasteiger partial charge on any atom is 0.241 e. The number of hydrogen-bond donors (Lipinski definition) is 1. The lowest BCUT2D eigenvalue weighted by atomic mass is 9.86. The second-order valence-electron chi connectivity index (χ2n) is 6.05. The standard InChI is InChI=1S/C20H22BrFN2O/c1-4-20(22,16-11-8-12-17(21)13-16)18(24(2)3)19(25)23-14-15-9-6-5-7-10-15/h4-13,18H,1,14H2,2-3H3,(H,23,25)/t18-,20+/m0/s1. The van der Waals surface area contributed by atoms with Crippen molar-refractivity contribution < 1.29 is 9.18 Å². The Morgan fingerprint density at radius 2 is 1.96 bits per heavy atom. The van der Waals surface area contributed by atoms with Crippen LogP contribution >= 0.6 is 15.9 Å². The minimum absolute atomic E-state index is 0.343. The number of amides is 1. The maximum absolute atomic E-state index is 15.9. The first-order chi connectivity index (χ1) is 11.9. The molecule has 2 aromatic carbocycles. The Kier molecular flexibility index (Phi) is 6.51. The Balaban J connectivity index is 2.28. The van der Waals surface area contributed by atoms with Crippen LogP contribution in [-0.4, -0.2) is 30.9 Å². The van der Waals surface area contributed by atoms with Crippen molar-refractivity contribution in [3.8, 4) is 0 Å². The lowest BCUT2D eigenvalue weighted by molar-refractivity contribution is -0.130. The molecule has 1 N–H and O–H groups in total. The summed E-state index contributed by atoms with van der Waals surface area (Å²) in [5.41, 5.74) is -0.682. The molecule has 0 radical (unpaired) electrons. The van der Waals surface area contributed by atoms with Gasteiger partial charge in [-0.15, -0.1) is 0 Å². The zero-order chi connectivity index (χ0) is 18.4. The number of rotatable bonds is 7. The van der Waals surface area contributed by atoms with E-state index < -0.39 is 17.6 Å². The number of carbonyl (C=O) groups excluding carboxylic acids is 1. The number of nitrogens with zero attached hydrogens (tertiary/aromatic N) is 1. The van der Waals surface area contributed by atoms with Crippen LogP contribution in [0, 0.1) is 0 Å². The number of hydrogen-bond acceptors (Lipinski definition) is 2. The number of carbonyl (C=O) groups is 1. The smallest absolute Gasteiger partial charge is 0.241 e. The lowest BCUT2D eigenvalue weighted by Gasteiger charge is -2.35. The minimum Gasteiger partial charge on any atom is -0.351 e. The summed E-state index contributed by atoms with van der Waals surface area (Å²) in [5.74, 6) is -0.392. The first kappa shape index (κ1) is 19.3. The number of nitrogens with one attached hydrogen (secondary N) is 1. The van der Waals surface area contributed by atoms with Gasteiger partial charge in [0, 0.05) is 11.0 Å². The summed E-state index contributed by atoms with van der Waals surface area (Å²) in [5, 5.41) is 2.82. The second-order valence-corrected chi connectivity index (χ2v) is 6.97. The Labute approximate surface area is 156 Å². The molecule has 1 amide bonds. The molecule has 0 unspecified atom stereocenters. The van der Waals surface area contributed by atoms with Gasteiger partial charge in [-0.3, -0.25) is 9.69 Å². The average Bonchev–Trinajstić information content (AvgIpc) is 2.60. The van der Waals surface area contributed by atoms with E-state index in [-0.39, 0.29) is 0 Å². The molecule has 0 bridgehead atoms. The minimum atomic E-state index is -2.02. The molecule has 2 rings (SSSR count). The second kappa shape index (κ2) is 8.41. The van der Waals surface area contributed by atoms with E-state index in [4.69, 9.17) is 0 Å². The largest absolute Gasteiger partial charge is 0.351 e. The summed E-state index contributed by atoms with van der Waals surface area (Å²) in [7, 11) is 3.37. The quantitative estimate of drug-likeness (QED) is 0.706. The van der Waals surface area contributed by atoms with Gasteiger partial charge in [-0.05, 0) is 43.4 Å². The molecule has 2 atom stereocenters. The summed E-state index contributed by atoms with van der Waals surface area (Å²) >= 11 is 3.35. The topological polar surface area (TPSA) is 32.3 Å². The molecule has 0 saturated heterocycles. The molecule has 0 aliphatic heterocycles. The van der Waals surface area contributed by atoms with Crippen LogP contribution in [0.1, 0.15) is 11.1 Å². The molecule has 2 aromatic rings. The molecular weight excluding hydrogens is 383 g/mol. The van der Waals surface area contributed by atoms with Gasteiger partial charge in [0.25, 0.3) is 0 Å². The molecule has 0 fully saturated rings. The maximum atomic E-state index is 15.9. The van der Waals surface area contributed by atoms with E-state index in [1.165, 1.54) is 6.08 Å². The predicted molar refractivity (Wildman–Crippen MR) is 103 cm³/mol. The van der Waals surface area contributed by atoms with Crippen molar-refractivity contribution >= 4 is 21.8 Å². The van der Waals surface area contributed by atoms with E-state index >= 15 is 4.39 Å². The molecule has 0 spiro atoms. The fourth-order valence-electron chi connectivity index (χ4n) is 2.80. The van der Waals surface area contributed by atoms with Crippen LogP contribution < -0.4 is 5.32 Å². The van der Waals surface area contributed by atoms with E-state index in [0.717, 1.165) is 10.0 Å². The van der Waals surface area contributed by atoms with Crippen LogP contribution in [0.4, 0.5) is 4.39 Å². The summed E-state index contributed by atoms with van der Waals surface area (Å²) in [4.78, 5) is 14.3. The van der Waals surface area contributed by atoms with Crippen LogP contribution in [0.5, 0.6) is 0 Å². The predicted octanol–water partition coefficient (Wildman–Crippen LogP) is 4.05. The molecule has 0 saturated carbocycles. The highest BCUT2D eigenvalue weighted by Crippen LogP contribution is 2.35. The first-order valence-electron chi connectivity index (χ1n) is 7.95. The first-order valence-corrected chi connectivity index (χ1v) is 8.74. The fourth-order valence-corrected chi connectivity index (χ4v) is 3.20. The van der Waals surface area contributed by atoms with Crippen LogP contribution in [0.25, 0.3) is 0 Å².